The third-order valence-electron chi connectivity index (χ3n) is 2.33. The smallest absolute Gasteiger partial charge is 0.310 e. The fourth-order valence-corrected chi connectivity index (χ4v) is 1.71. The van der Waals surface area contributed by atoms with Crippen molar-refractivity contribution >= 4 is 28.5 Å². The Morgan fingerprint density at radius 1 is 1.60 bits per heavy atom. The van der Waals surface area contributed by atoms with E-state index in [-0.39, 0.29) is 5.15 Å². The summed E-state index contributed by atoms with van der Waals surface area (Å²) in [5.41, 5.74) is 1.12. The van der Waals surface area contributed by atoms with Crippen LogP contribution in [0.5, 0.6) is 0 Å². The van der Waals surface area contributed by atoms with Crippen LogP contribution in [0.2, 0.25) is 5.15 Å². The van der Waals surface area contributed by atoms with Gasteiger partial charge in [-0.1, -0.05) is 28.9 Å². The molecule has 1 N–H and O–H groups in total. The maximum atomic E-state index is 10.9. The number of nitrogens with zero attached hydrogens (tertiary/aromatic N) is 1. The van der Waals surface area contributed by atoms with Crippen molar-refractivity contribution in [2.75, 3.05) is 0 Å². The van der Waals surface area contributed by atoms with E-state index >= 15 is 0 Å². The van der Waals surface area contributed by atoms with Gasteiger partial charge < -0.3 is 9.63 Å². The van der Waals surface area contributed by atoms with Crippen molar-refractivity contribution in [3.63, 3.8) is 0 Å². The summed E-state index contributed by atoms with van der Waals surface area (Å²) in [6.07, 6.45) is 0. The zero-order chi connectivity index (χ0) is 11.0. The molecule has 2 aromatic rings. The van der Waals surface area contributed by atoms with Crippen molar-refractivity contribution in [1.29, 1.82) is 0 Å². The summed E-state index contributed by atoms with van der Waals surface area (Å²) in [6, 6.07) is 5.13. The van der Waals surface area contributed by atoms with Crippen LogP contribution in [-0.2, 0) is 4.79 Å². The molecule has 0 radical (unpaired) electrons. The molecule has 2 rings (SSSR count). The Labute approximate surface area is 90.4 Å². The molecule has 15 heavy (non-hydrogen) atoms. The van der Waals surface area contributed by atoms with E-state index in [4.69, 9.17) is 21.2 Å². The molecular formula is C10H8ClNO3. The predicted molar refractivity (Wildman–Crippen MR) is 55.1 cm³/mol. The number of aliphatic carboxylic acids is 1. The van der Waals surface area contributed by atoms with E-state index in [2.05, 4.69) is 5.16 Å². The fraction of sp³-hybridized carbons (Fsp3) is 0.200. The van der Waals surface area contributed by atoms with E-state index in [1.54, 1.807) is 25.1 Å². The molecule has 0 saturated carbocycles. The molecule has 0 spiro atoms. The lowest BCUT2D eigenvalue weighted by atomic mass is 9.98. The molecule has 0 saturated heterocycles. The third kappa shape index (κ3) is 1.57. The molecule has 1 aromatic carbocycles. The highest BCUT2D eigenvalue weighted by atomic mass is 35.5. The molecule has 1 atom stereocenters. The minimum absolute atomic E-state index is 0.203. The zero-order valence-electron chi connectivity index (χ0n) is 7.90. The van der Waals surface area contributed by atoms with Gasteiger partial charge in [0.15, 0.2) is 10.7 Å². The number of hydrogen-bond acceptors (Lipinski definition) is 3. The molecule has 1 heterocycles. The molecule has 1 aromatic heterocycles. The van der Waals surface area contributed by atoms with Gasteiger partial charge in [-0.2, -0.15) is 0 Å². The summed E-state index contributed by atoms with van der Waals surface area (Å²) in [4.78, 5) is 10.9. The summed E-state index contributed by atoms with van der Waals surface area (Å²) in [7, 11) is 0. The average molecular weight is 226 g/mol. The SMILES string of the molecule is CC(C(=O)O)c1cccc2onc(Cl)c12. The lowest BCUT2D eigenvalue weighted by Gasteiger charge is -2.06. The van der Waals surface area contributed by atoms with Gasteiger partial charge in [0.1, 0.15) is 0 Å². The number of carboxylic acid groups (broad SMARTS) is 1. The quantitative estimate of drug-likeness (QED) is 0.854. The summed E-state index contributed by atoms with van der Waals surface area (Å²) in [6.45, 7) is 1.60. The first kappa shape index (κ1) is 9.98. The fourth-order valence-electron chi connectivity index (χ4n) is 1.47. The van der Waals surface area contributed by atoms with Crippen molar-refractivity contribution < 1.29 is 14.4 Å². The largest absolute Gasteiger partial charge is 0.481 e. The van der Waals surface area contributed by atoms with Gasteiger partial charge in [0, 0.05) is 0 Å². The molecule has 0 bridgehead atoms. The molecule has 4 nitrogen and oxygen atoms in total. The minimum Gasteiger partial charge on any atom is -0.481 e. The Morgan fingerprint density at radius 2 is 2.33 bits per heavy atom. The van der Waals surface area contributed by atoms with E-state index in [0.29, 0.717) is 16.5 Å². The Morgan fingerprint density at radius 3 is 3.00 bits per heavy atom. The van der Waals surface area contributed by atoms with E-state index in [1.165, 1.54) is 0 Å². The lowest BCUT2D eigenvalue weighted by Crippen LogP contribution is -2.07. The van der Waals surface area contributed by atoms with E-state index < -0.39 is 11.9 Å². The van der Waals surface area contributed by atoms with Crippen LogP contribution in [0.1, 0.15) is 18.4 Å². The monoisotopic (exact) mass is 225 g/mol. The van der Waals surface area contributed by atoms with Crippen LogP contribution in [0.15, 0.2) is 22.7 Å². The van der Waals surface area contributed by atoms with Crippen LogP contribution in [0.25, 0.3) is 11.0 Å². The van der Waals surface area contributed by atoms with Gasteiger partial charge in [-0.15, -0.1) is 0 Å². The molecule has 0 aliphatic rings. The van der Waals surface area contributed by atoms with Gasteiger partial charge in [0.2, 0.25) is 0 Å². The number of carboxylic acids is 1. The molecule has 0 fully saturated rings. The van der Waals surface area contributed by atoms with Crippen LogP contribution >= 0.6 is 11.6 Å². The van der Waals surface area contributed by atoms with Gasteiger partial charge in [-0.3, -0.25) is 4.79 Å². The number of benzene rings is 1. The van der Waals surface area contributed by atoms with Gasteiger partial charge in [0.25, 0.3) is 0 Å². The number of fused-ring (bicyclic) bond motifs is 1. The Hall–Kier alpha value is -1.55. The van der Waals surface area contributed by atoms with Crippen LogP contribution in [0.4, 0.5) is 0 Å². The maximum absolute atomic E-state index is 10.9. The van der Waals surface area contributed by atoms with E-state index in [0.717, 1.165) is 0 Å². The summed E-state index contributed by atoms with van der Waals surface area (Å²) in [5.74, 6) is -1.54. The molecule has 5 heteroatoms. The van der Waals surface area contributed by atoms with Crippen LogP contribution in [0.3, 0.4) is 0 Å². The van der Waals surface area contributed by atoms with Crippen molar-refractivity contribution in [2.24, 2.45) is 0 Å². The number of hydrogen-bond donors (Lipinski definition) is 1. The first-order chi connectivity index (χ1) is 7.11. The molecule has 0 aliphatic heterocycles. The topological polar surface area (TPSA) is 63.3 Å². The third-order valence-corrected chi connectivity index (χ3v) is 2.58. The molecule has 78 valence electrons. The Kier molecular flexibility index (Phi) is 2.36. The standard InChI is InChI=1S/C10H8ClNO3/c1-5(10(13)14)6-3-2-4-7-8(6)9(11)12-15-7/h2-5H,1H3,(H,13,14). The highest BCUT2D eigenvalue weighted by molar-refractivity contribution is 6.34. The molecular weight excluding hydrogens is 218 g/mol. The first-order valence-electron chi connectivity index (χ1n) is 4.38. The van der Waals surface area contributed by atoms with Crippen LogP contribution in [-0.4, -0.2) is 16.2 Å². The second kappa shape index (κ2) is 3.55. The highest BCUT2D eigenvalue weighted by Gasteiger charge is 2.20. The number of rotatable bonds is 2. The average Bonchev–Trinajstić information content (AvgIpc) is 2.59. The van der Waals surface area contributed by atoms with Crippen molar-refractivity contribution in [3.8, 4) is 0 Å². The van der Waals surface area contributed by atoms with Crippen LogP contribution < -0.4 is 0 Å². The Balaban J connectivity index is 2.69. The molecule has 0 aliphatic carbocycles. The van der Waals surface area contributed by atoms with Crippen molar-refractivity contribution in [1.82, 2.24) is 5.16 Å². The van der Waals surface area contributed by atoms with Gasteiger partial charge in [-0.05, 0) is 18.6 Å². The van der Waals surface area contributed by atoms with Crippen molar-refractivity contribution in [2.45, 2.75) is 12.8 Å². The highest BCUT2D eigenvalue weighted by Crippen LogP contribution is 2.30. The van der Waals surface area contributed by atoms with E-state index in [1.807, 2.05) is 0 Å². The van der Waals surface area contributed by atoms with Gasteiger partial charge >= 0.3 is 5.97 Å². The minimum atomic E-state index is -0.903. The number of halogens is 1. The summed E-state index contributed by atoms with van der Waals surface area (Å²) >= 11 is 5.83. The Bertz CT molecular complexity index is 520. The van der Waals surface area contributed by atoms with Gasteiger partial charge in [0.05, 0.1) is 11.3 Å². The maximum Gasteiger partial charge on any atom is 0.310 e. The number of aromatic nitrogens is 1. The lowest BCUT2D eigenvalue weighted by molar-refractivity contribution is -0.138. The predicted octanol–water partition coefficient (Wildman–Crippen LogP) is 2.67. The normalized spacial score (nSPS) is 12.9. The first-order valence-corrected chi connectivity index (χ1v) is 4.75. The van der Waals surface area contributed by atoms with Gasteiger partial charge in [-0.25, -0.2) is 0 Å². The van der Waals surface area contributed by atoms with Crippen molar-refractivity contribution in [3.05, 3.63) is 28.9 Å². The van der Waals surface area contributed by atoms with E-state index in [9.17, 15) is 4.79 Å². The summed E-state index contributed by atoms with van der Waals surface area (Å²) < 4.78 is 4.94. The second-order valence-corrected chi connectivity index (χ2v) is 3.61. The number of carbonyl (C=O) groups is 1. The van der Waals surface area contributed by atoms with Crippen LogP contribution in [0, 0.1) is 0 Å². The second-order valence-electron chi connectivity index (χ2n) is 3.25. The summed E-state index contributed by atoms with van der Waals surface area (Å²) in [5, 5.41) is 13.3. The molecule has 0 amide bonds. The molecule has 1 unspecified atom stereocenters. The zero-order valence-corrected chi connectivity index (χ0v) is 8.65.